The van der Waals surface area contributed by atoms with E-state index < -0.39 is 0 Å². The van der Waals surface area contributed by atoms with Gasteiger partial charge in [0.05, 0.1) is 6.61 Å². The van der Waals surface area contributed by atoms with E-state index in [1.807, 2.05) is 12.1 Å². The van der Waals surface area contributed by atoms with E-state index in [2.05, 4.69) is 40.9 Å². The highest BCUT2D eigenvalue weighted by atomic mass is 16.5. The van der Waals surface area contributed by atoms with Gasteiger partial charge in [-0.15, -0.1) is 0 Å². The molecule has 0 radical (unpaired) electrons. The number of likely N-dealkylation sites (tertiary alicyclic amines) is 1. The molecule has 160 valence electrons. The molecule has 0 aliphatic carbocycles. The van der Waals surface area contributed by atoms with E-state index >= 15 is 0 Å². The number of aliphatic hydroxyl groups excluding tert-OH is 1. The summed E-state index contributed by atoms with van der Waals surface area (Å²) in [6.45, 7) is 4.35. The fraction of sp³-hybridized carbons (Fsp3) is 0.696. The molecule has 1 aromatic carbocycles. The third-order valence-electron chi connectivity index (χ3n) is 6.79. The first-order valence-corrected chi connectivity index (χ1v) is 11.1. The first kappa shape index (κ1) is 20.6. The van der Waals surface area contributed by atoms with Gasteiger partial charge in [-0.1, -0.05) is 12.1 Å². The van der Waals surface area contributed by atoms with Crippen molar-refractivity contribution >= 4 is 5.91 Å². The Labute approximate surface area is 174 Å². The first-order chi connectivity index (χ1) is 14.0. The second kappa shape index (κ2) is 9.02. The van der Waals surface area contributed by atoms with Gasteiger partial charge >= 0.3 is 0 Å². The van der Waals surface area contributed by atoms with Crippen LogP contribution in [0.25, 0.3) is 0 Å². The molecule has 6 heteroatoms. The number of nitrogens with zero attached hydrogens (tertiary/aromatic N) is 3. The Hall–Kier alpha value is -1.63. The molecule has 6 nitrogen and oxygen atoms in total. The Morgan fingerprint density at radius 3 is 2.86 bits per heavy atom. The number of piperidine rings is 3. The van der Waals surface area contributed by atoms with E-state index in [0.29, 0.717) is 36.4 Å². The van der Waals surface area contributed by atoms with Crippen molar-refractivity contribution in [2.75, 3.05) is 46.9 Å². The molecule has 3 saturated heterocycles. The van der Waals surface area contributed by atoms with Crippen molar-refractivity contribution in [3.05, 3.63) is 29.8 Å². The molecule has 3 fully saturated rings. The Bertz CT molecular complexity index is 710. The maximum Gasteiger partial charge on any atom is 0.223 e. The van der Waals surface area contributed by atoms with Crippen molar-refractivity contribution in [1.29, 1.82) is 0 Å². The molecule has 29 heavy (non-hydrogen) atoms. The molecule has 3 aliphatic rings. The van der Waals surface area contributed by atoms with Crippen molar-refractivity contribution < 1.29 is 14.6 Å². The van der Waals surface area contributed by atoms with Crippen LogP contribution < -0.4 is 4.74 Å². The van der Waals surface area contributed by atoms with Gasteiger partial charge in [-0.3, -0.25) is 9.69 Å². The lowest BCUT2D eigenvalue weighted by Gasteiger charge is -2.57. The van der Waals surface area contributed by atoms with Gasteiger partial charge in [-0.2, -0.15) is 0 Å². The molecule has 0 spiro atoms. The zero-order valence-electron chi connectivity index (χ0n) is 17.8. The molecule has 4 atom stereocenters. The summed E-state index contributed by atoms with van der Waals surface area (Å²) in [4.78, 5) is 19.9. The maximum absolute atomic E-state index is 12.8. The molecule has 0 aromatic heterocycles. The number of likely N-dealkylation sites (N-methyl/N-ethyl adjacent to an activating group) is 1. The Kier molecular flexibility index (Phi) is 6.42. The molecular formula is C23H35N3O3. The quantitative estimate of drug-likeness (QED) is 0.755. The Morgan fingerprint density at radius 2 is 2.07 bits per heavy atom. The number of hydrogen-bond donors (Lipinski definition) is 1. The van der Waals surface area contributed by atoms with E-state index in [0.717, 1.165) is 51.2 Å². The minimum absolute atomic E-state index is 0.0313. The molecule has 4 rings (SSSR count). The lowest BCUT2D eigenvalue weighted by atomic mass is 9.72. The number of aliphatic hydroxyl groups is 1. The summed E-state index contributed by atoms with van der Waals surface area (Å²) in [6.07, 6.45) is 4.18. The van der Waals surface area contributed by atoms with Crippen LogP contribution in [0.3, 0.4) is 0 Å². The lowest BCUT2D eigenvalue weighted by molar-refractivity contribution is -0.153. The number of hydrogen-bond acceptors (Lipinski definition) is 5. The Morgan fingerprint density at radius 1 is 1.24 bits per heavy atom. The maximum atomic E-state index is 12.8. The molecule has 3 heterocycles. The van der Waals surface area contributed by atoms with Crippen molar-refractivity contribution in [3.8, 4) is 5.75 Å². The second-order valence-corrected chi connectivity index (χ2v) is 9.26. The monoisotopic (exact) mass is 401 g/mol. The molecule has 2 bridgehead atoms. The zero-order valence-corrected chi connectivity index (χ0v) is 17.8. The van der Waals surface area contributed by atoms with Crippen LogP contribution >= 0.6 is 0 Å². The van der Waals surface area contributed by atoms with Gasteiger partial charge in [-0.25, -0.2) is 0 Å². The van der Waals surface area contributed by atoms with E-state index in [9.17, 15) is 4.79 Å². The number of ether oxygens (including phenoxy) is 1. The van der Waals surface area contributed by atoms with Gasteiger partial charge in [0.15, 0.2) is 0 Å². The number of rotatable bonds is 7. The first-order valence-electron chi connectivity index (χ1n) is 11.1. The highest BCUT2D eigenvalue weighted by Gasteiger charge is 2.49. The van der Waals surface area contributed by atoms with Crippen LogP contribution in [0.2, 0.25) is 0 Å². The number of carbonyl (C=O) groups excluding carboxylic acids is 1. The number of benzene rings is 1. The molecule has 3 aliphatic heterocycles. The molecule has 1 amide bonds. The van der Waals surface area contributed by atoms with Crippen molar-refractivity contribution in [3.63, 3.8) is 0 Å². The van der Waals surface area contributed by atoms with E-state index in [1.54, 1.807) is 0 Å². The summed E-state index contributed by atoms with van der Waals surface area (Å²) >= 11 is 0. The Balaban J connectivity index is 1.49. The van der Waals surface area contributed by atoms with E-state index in [4.69, 9.17) is 9.84 Å². The summed E-state index contributed by atoms with van der Waals surface area (Å²) in [7, 11) is 4.24. The number of carbonyl (C=O) groups is 1. The van der Waals surface area contributed by atoms with E-state index in [-0.39, 0.29) is 6.61 Å². The summed E-state index contributed by atoms with van der Waals surface area (Å²) in [5, 5.41) is 8.99. The molecule has 1 aromatic rings. The minimum atomic E-state index is 0.0313. The summed E-state index contributed by atoms with van der Waals surface area (Å²) in [5.74, 6) is 2.33. The van der Waals surface area contributed by atoms with Crippen molar-refractivity contribution in [2.24, 2.45) is 11.8 Å². The third-order valence-corrected chi connectivity index (χ3v) is 6.79. The topological polar surface area (TPSA) is 56.2 Å². The smallest absolute Gasteiger partial charge is 0.223 e. The van der Waals surface area contributed by atoms with Gasteiger partial charge in [0.25, 0.3) is 0 Å². The summed E-state index contributed by atoms with van der Waals surface area (Å²) in [6, 6.07) is 8.98. The van der Waals surface area contributed by atoms with E-state index in [1.165, 1.54) is 12.0 Å². The van der Waals surface area contributed by atoms with Crippen LogP contribution in [0.5, 0.6) is 5.75 Å². The van der Waals surface area contributed by atoms with Crippen LogP contribution in [-0.4, -0.2) is 84.7 Å². The van der Waals surface area contributed by atoms with Crippen LogP contribution in [0.4, 0.5) is 0 Å². The molecular weight excluding hydrogens is 366 g/mol. The fourth-order valence-electron chi connectivity index (χ4n) is 5.77. The SMILES string of the molecule is CN(C)C[C@H]1[C@H]2C[C@H](CN(Cc3cccc(OCCO)c3)C2)[C@@H]2CCCC(=O)N21. The molecule has 0 saturated carbocycles. The van der Waals surface area contributed by atoms with Gasteiger partial charge in [0, 0.05) is 44.7 Å². The number of amides is 1. The number of fused-ring (bicyclic) bond motifs is 4. The minimum Gasteiger partial charge on any atom is -0.491 e. The zero-order chi connectivity index (χ0) is 20.4. The van der Waals surface area contributed by atoms with Gasteiger partial charge in [-0.05, 0) is 62.9 Å². The van der Waals surface area contributed by atoms with Crippen LogP contribution in [-0.2, 0) is 11.3 Å². The predicted octanol–water partition coefficient (Wildman–Crippen LogP) is 1.82. The standard InChI is InChI=1S/C23H35N3O3/c1-24(2)16-22-19-12-18(21-7-4-8-23(28)26(21)22)14-25(15-19)13-17-5-3-6-20(11-17)29-10-9-27/h3,5-6,11,18-19,21-22,27H,4,7-10,12-16H2,1-2H3/t18-,19+,21+,22+/m1/s1. The lowest BCUT2D eigenvalue weighted by Crippen LogP contribution is -2.66. The van der Waals surface area contributed by atoms with Crippen LogP contribution in [0.15, 0.2) is 24.3 Å². The molecule has 0 unspecified atom stereocenters. The van der Waals surface area contributed by atoms with Gasteiger partial charge in [0.2, 0.25) is 5.91 Å². The fourth-order valence-corrected chi connectivity index (χ4v) is 5.77. The van der Waals surface area contributed by atoms with Crippen LogP contribution in [0, 0.1) is 11.8 Å². The van der Waals surface area contributed by atoms with Gasteiger partial charge in [0.1, 0.15) is 12.4 Å². The summed E-state index contributed by atoms with van der Waals surface area (Å²) < 4.78 is 5.58. The predicted molar refractivity (Wildman–Crippen MR) is 113 cm³/mol. The van der Waals surface area contributed by atoms with Crippen LogP contribution in [0.1, 0.15) is 31.2 Å². The highest BCUT2D eigenvalue weighted by Crippen LogP contribution is 2.42. The third kappa shape index (κ3) is 4.60. The molecule has 1 N–H and O–H groups in total. The summed E-state index contributed by atoms with van der Waals surface area (Å²) in [5.41, 5.74) is 1.25. The van der Waals surface area contributed by atoms with Gasteiger partial charge < -0.3 is 19.6 Å². The normalized spacial score (nSPS) is 29.8. The average molecular weight is 402 g/mol. The highest BCUT2D eigenvalue weighted by molar-refractivity contribution is 5.78. The average Bonchev–Trinajstić information content (AvgIpc) is 2.70. The van der Waals surface area contributed by atoms with Crippen molar-refractivity contribution in [2.45, 2.75) is 44.3 Å². The second-order valence-electron chi connectivity index (χ2n) is 9.26. The largest absolute Gasteiger partial charge is 0.491 e. The van der Waals surface area contributed by atoms with Crippen molar-refractivity contribution in [1.82, 2.24) is 14.7 Å².